The molecular formula is C25H16Br2F8N2O. The van der Waals surface area contributed by atoms with Gasteiger partial charge in [-0.1, -0.05) is 24.3 Å². The van der Waals surface area contributed by atoms with E-state index in [9.17, 15) is 35.5 Å². The molecule has 0 heterocycles. The van der Waals surface area contributed by atoms with Crippen molar-refractivity contribution >= 4 is 49.3 Å². The van der Waals surface area contributed by atoms with Crippen molar-refractivity contribution in [1.82, 2.24) is 5.43 Å². The van der Waals surface area contributed by atoms with Crippen molar-refractivity contribution in [1.29, 1.82) is 0 Å². The number of alkyl halides is 6. The van der Waals surface area contributed by atoms with E-state index in [0.717, 1.165) is 18.2 Å². The fraction of sp³-hybridized carbons (Fsp3) is 0.160. The Balaban J connectivity index is 2.01. The second kappa shape index (κ2) is 11.4. The van der Waals surface area contributed by atoms with Crippen LogP contribution in [-0.2, 0) is 6.18 Å². The quantitative estimate of drug-likeness (QED) is 0.161. The molecule has 38 heavy (non-hydrogen) atoms. The average Bonchev–Trinajstić information content (AvgIpc) is 2.84. The van der Waals surface area contributed by atoms with Gasteiger partial charge in [0, 0.05) is 12.6 Å². The third-order valence-corrected chi connectivity index (χ3v) is 6.44. The van der Waals surface area contributed by atoms with Gasteiger partial charge in [0.05, 0.1) is 25.8 Å². The summed E-state index contributed by atoms with van der Waals surface area (Å²) in [7, 11) is 1.39. The number of hydrogen-bond donors (Lipinski definition) is 1. The number of nitrogens with zero attached hydrogens (tertiary/aromatic N) is 1. The summed E-state index contributed by atoms with van der Waals surface area (Å²) in [5, 5.41) is 1.17. The van der Waals surface area contributed by atoms with Crippen LogP contribution >= 0.6 is 31.9 Å². The Morgan fingerprint density at radius 2 is 1.53 bits per heavy atom. The van der Waals surface area contributed by atoms with Crippen LogP contribution < -0.4 is 10.4 Å². The number of hydrazine groups is 1. The van der Waals surface area contributed by atoms with Gasteiger partial charge in [0.1, 0.15) is 11.7 Å². The summed E-state index contributed by atoms with van der Waals surface area (Å²) in [6.07, 6.45) is -10.1. The number of benzene rings is 3. The Morgan fingerprint density at radius 3 is 2.05 bits per heavy atom. The summed E-state index contributed by atoms with van der Waals surface area (Å²) in [5.74, 6) is -6.30. The summed E-state index contributed by atoms with van der Waals surface area (Å²) in [6.45, 7) is 0. The Bertz CT molecular complexity index is 1330. The van der Waals surface area contributed by atoms with Crippen molar-refractivity contribution in [3.8, 4) is 0 Å². The van der Waals surface area contributed by atoms with Crippen LogP contribution in [0.3, 0.4) is 0 Å². The smallest absolute Gasteiger partial charge is 0.288 e. The molecule has 0 aromatic heterocycles. The molecule has 0 spiro atoms. The van der Waals surface area contributed by atoms with Gasteiger partial charge >= 0.3 is 12.4 Å². The largest absolute Gasteiger partial charge is 0.417 e. The minimum absolute atomic E-state index is 0.0878. The first-order valence-electron chi connectivity index (χ1n) is 10.5. The van der Waals surface area contributed by atoms with Crippen molar-refractivity contribution in [2.45, 2.75) is 18.3 Å². The summed E-state index contributed by atoms with van der Waals surface area (Å²) >= 11 is 5.55. The lowest BCUT2D eigenvalue weighted by Gasteiger charge is -2.22. The highest BCUT2D eigenvalue weighted by molar-refractivity contribution is 9.11. The second-order valence-corrected chi connectivity index (χ2v) is 9.63. The Labute approximate surface area is 228 Å². The summed E-state index contributed by atoms with van der Waals surface area (Å²) in [6, 6.07) is 11.4. The number of anilines is 1. The molecule has 1 unspecified atom stereocenters. The molecule has 1 atom stereocenters. The lowest BCUT2D eigenvalue weighted by molar-refractivity contribution is -0.140. The maximum atomic E-state index is 15.0. The van der Waals surface area contributed by atoms with E-state index >= 15 is 4.39 Å². The molecule has 1 N–H and O–H groups in total. The summed E-state index contributed by atoms with van der Waals surface area (Å²) in [4.78, 5) is 12.6. The monoisotopic (exact) mass is 670 g/mol. The minimum Gasteiger partial charge on any atom is -0.288 e. The van der Waals surface area contributed by atoms with Crippen molar-refractivity contribution in [3.05, 3.63) is 104 Å². The summed E-state index contributed by atoms with van der Waals surface area (Å²) in [5.41, 5.74) is -1.10. The van der Waals surface area contributed by atoms with E-state index < -0.39 is 58.1 Å². The molecule has 0 saturated carbocycles. The van der Waals surface area contributed by atoms with Crippen LogP contribution in [0, 0.1) is 5.82 Å². The fourth-order valence-corrected chi connectivity index (χ4v) is 4.65. The highest BCUT2D eigenvalue weighted by atomic mass is 79.9. The minimum atomic E-state index is -5.13. The molecule has 0 aliphatic heterocycles. The zero-order valence-corrected chi connectivity index (χ0v) is 22.2. The third-order valence-electron chi connectivity index (χ3n) is 5.29. The highest BCUT2D eigenvalue weighted by Crippen LogP contribution is 2.41. The van der Waals surface area contributed by atoms with Gasteiger partial charge in [-0.3, -0.25) is 15.2 Å². The molecule has 0 bridgehead atoms. The normalized spacial score (nSPS) is 13.3. The van der Waals surface area contributed by atoms with Gasteiger partial charge in [0.2, 0.25) is 0 Å². The van der Waals surface area contributed by atoms with Crippen LogP contribution in [0.25, 0.3) is 5.83 Å². The van der Waals surface area contributed by atoms with Gasteiger partial charge in [-0.15, -0.1) is 0 Å². The van der Waals surface area contributed by atoms with Gasteiger partial charge in [-0.25, -0.2) is 8.78 Å². The van der Waals surface area contributed by atoms with E-state index in [4.69, 9.17) is 0 Å². The molecular weight excluding hydrogens is 656 g/mol. The second-order valence-electron chi connectivity index (χ2n) is 7.93. The number of amides is 1. The number of allylic oxidation sites excluding steroid dienone is 1. The fourth-order valence-electron chi connectivity index (χ4n) is 3.43. The molecule has 0 aliphatic rings. The molecule has 1 amide bonds. The Hall–Kier alpha value is -2.93. The zero-order valence-electron chi connectivity index (χ0n) is 19.1. The van der Waals surface area contributed by atoms with E-state index in [2.05, 4.69) is 37.3 Å². The van der Waals surface area contributed by atoms with E-state index in [1.165, 1.54) is 12.1 Å². The first-order chi connectivity index (χ1) is 17.6. The number of nitrogens with one attached hydrogen (secondary N) is 1. The van der Waals surface area contributed by atoms with E-state index in [1.807, 2.05) is 0 Å². The number of carbonyl (C=O) groups excluding carboxylic acids is 1. The molecule has 3 nitrogen and oxygen atoms in total. The predicted molar refractivity (Wildman–Crippen MR) is 133 cm³/mol. The molecule has 0 aliphatic carbocycles. The average molecular weight is 672 g/mol. The number of hydrogen-bond acceptors (Lipinski definition) is 2. The van der Waals surface area contributed by atoms with Crippen LogP contribution in [0.2, 0.25) is 0 Å². The maximum Gasteiger partial charge on any atom is 0.417 e. The van der Waals surface area contributed by atoms with Gasteiger partial charge in [0.15, 0.2) is 5.82 Å². The van der Waals surface area contributed by atoms with Gasteiger partial charge in [-0.05, 0) is 79.9 Å². The highest BCUT2D eigenvalue weighted by Gasteiger charge is 2.41. The van der Waals surface area contributed by atoms with Crippen LogP contribution in [-0.4, -0.2) is 19.1 Å². The molecule has 0 radical (unpaired) electrons. The SMILES string of the molecule is CN(NC(=O)c1ccc(C(F)=CC(c2cc(Br)c(F)c(Br)c2)C(F)(F)F)cc1C(F)(F)F)c1ccccc1. The number of halogens is 10. The van der Waals surface area contributed by atoms with Crippen LogP contribution in [0.1, 0.15) is 33.0 Å². The predicted octanol–water partition coefficient (Wildman–Crippen LogP) is 8.81. The van der Waals surface area contributed by atoms with Gasteiger partial charge in [-0.2, -0.15) is 26.3 Å². The topological polar surface area (TPSA) is 32.3 Å². The first kappa shape index (κ1) is 29.6. The van der Waals surface area contributed by atoms with Crippen molar-refractivity contribution in [2.75, 3.05) is 12.1 Å². The molecule has 3 aromatic rings. The van der Waals surface area contributed by atoms with Gasteiger partial charge < -0.3 is 0 Å². The Morgan fingerprint density at radius 1 is 0.947 bits per heavy atom. The van der Waals surface area contributed by atoms with E-state index in [0.29, 0.717) is 11.8 Å². The van der Waals surface area contributed by atoms with Gasteiger partial charge in [0.25, 0.3) is 5.91 Å². The standard InChI is InChI=1S/C25H16Br2F8N2O/c1-37(15-5-3-2-4-6-15)36-23(38)16-8-7-13(9-18(16)25(33,34)35)21(28)12-17(24(30,31)32)14-10-19(26)22(29)20(27)11-14/h2-12,17H,1H3,(H,36,38). The van der Waals surface area contributed by atoms with Crippen LogP contribution in [0.15, 0.2) is 75.7 Å². The van der Waals surface area contributed by atoms with E-state index in [-0.39, 0.29) is 21.1 Å². The summed E-state index contributed by atoms with van der Waals surface area (Å²) < 4.78 is 111. The van der Waals surface area contributed by atoms with Crippen molar-refractivity contribution in [2.24, 2.45) is 0 Å². The van der Waals surface area contributed by atoms with Crippen LogP contribution in [0.4, 0.5) is 40.8 Å². The zero-order chi connectivity index (χ0) is 28.4. The Kier molecular flexibility index (Phi) is 8.92. The third kappa shape index (κ3) is 6.93. The molecule has 3 rings (SSSR count). The molecule has 202 valence electrons. The molecule has 13 heteroatoms. The van der Waals surface area contributed by atoms with Crippen LogP contribution in [0.5, 0.6) is 0 Å². The molecule has 0 fully saturated rings. The number of para-hydroxylation sites is 1. The molecule has 3 aromatic carbocycles. The molecule has 0 saturated heterocycles. The maximum absolute atomic E-state index is 15.0. The first-order valence-corrected chi connectivity index (χ1v) is 12.1. The number of rotatable bonds is 6. The lowest BCUT2D eigenvalue weighted by Crippen LogP contribution is -2.40. The van der Waals surface area contributed by atoms with E-state index in [1.54, 1.807) is 30.3 Å². The lowest BCUT2D eigenvalue weighted by atomic mass is 9.95. The van der Waals surface area contributed by atoms with Crippen molar-refractivity contribution in [3.63, 3.8) is 0 Å². The number of carbonyl (C=O) groups is 1. The van der Waals surface area contributed by atoms with Crippen molar-refractivity contribution < 1.29 is 39.9 Å².